The van der Waals surface area contributed by atoms with Crippen molar-refractivity contribution in [2.24, 2.45) is 5.41 Å². The number of hydrogen-bond donors (Lipinski definition) is 1. The first kappa shape index (κ1) is 12.0. The lowest BCUT2D eigenvalue weighted by Gasteiger charge is -2.35. The van der Waals surface area contributed by atoms with Crippen molar-refractivity contribution in [3.8, 4) is 0 Å². The monoisotopic (exact) mass is 199 g/mol. The van der Waals surface area contributed by atoms with E-state index in [0.717, 1.165) is 13.2 Å². The van der Waals surface area contributed by atoms with Gasteiger partial charge in [-0.3, -0.25) is 0 Å². The zero-order valence-electron chi connectivity index (χ0n) is 10.1. The molecule has 0 aliphatic carbocycles. The molecule has 1 N–H and O–H groups in total. The van der Waals surface area contributed by atoms with Crippen molar-refractivity contribution >= 4 is 0 Å². The Bertz CT molecular complexity index is 156. The van der Waals surface area contributed by atoms with Crippen LogP contribution in [0.3, 0.4) is 0 Å². The van der Waals surface area contributed by atoms with Crippen molar-refractivity contribution in [1.82, 2.24) is 5.32 Å². The number of ether oxygens (including phenoxy) is 1. The molecule has 1 heterocycles. The first-order valence-electron chi connectivity index (χ1n) is 5.88. The highest BCUT2D eigenvalue weighted by Gasteiger charge is 2.26. The Hall–Kier alpha value is -0.0800. The fourth-order valence-electron chi connectivity index (χ4n) is 2.14. The third-order valence-electron chi connectivity index (χ3n) is 3.05. The molecule has 0 aromatic rings. The highest BCUT2D eigenvalue weighted by atomic mass is 16.5. The highest BCUT2D eigenvalue weighted by Crippen LogP contribution is 2.23. The van der Waals surface area contributed by atoms with Crippen LogP contribution in [-0.2, 0) is 4.74 Å². The molecule has 14 heavy (non-hydrogen) atoms. The van der Waals surface area contributed by atoms with Gasteiger partial charge < -0.3 is 10.1 Å². The third kappa shape index (κ3) is 3.58. The van der Waals surface area contributed by atoms with Crippen LogP contribution in [0.5, 0.6) is 0 Å². The molecule has 0 aromatic carbocycles. The Labute approximate surface area is 88.4 Å². The summed E-state index contributed by atoms with van der Waals surface area (Å²) < 4.78 is 5.48. The Kier molecular flexibility index (Phi) is 4.39. The van der Waals surface area contributed by atoms with E-state index in [-0.39, 0.29) is 0 Å². The van der Waals surface area contributed by atoms with E-state index in [2.05, 4.69) is 33.0 Å². The van der Waals surface area contributed by atoms with Crippen LogP contribution >= 0.6 is 0 Å². The second kappa shape index (κ2) is 5.13. The van der Waals surface area contributed by atoms with Gasteiger partial charge in [-0.1, -0.05) is 27.7 Å². The fourth-order valence-corrected chi connectivity index (χ4v) is 2.14. The van der Waals surface area contributed by atoms with Gasteiger partial charge in [0, 0.05) is 18.7 Å². The lowest BCUT2D eigenvalue weighted by Crippen LogP contribution is -2.48. The smallest absolute Gasteiger partial charge is 0.0619 e. The van der Waals surface area contributed by atoms with Crippen molar-refractivity contribution in [2.45, 2.75) is 59.0 Å². The zero-order chi connectivity index (χ0) is 10.6. The minimum absolute atomic E-state index is 0.353. The molecule has 1 saturated heterocycles. The molecule has 2 atom stereocenters. The number of nitrogens with one attached hydrogen (secondary N) is 1. The second-order valence-electron chi connectivity index (χ2n) is 5.41. The maximum atomic E-state index is 5.48. The molecule has 0 aromatic heterocycles. The molecule has 0 amide bonds. The van der Waals surface area contributed by atoms with Crippen LogP contribution in [-0.4, -0.2) is 25.3 Å². The van der Waals surface area contributed by atoms with Gasteiger partial charge in [0.1, 0.15) is 0 Å². The molecule has 2 heteroatoms. The summed E-state index contributed by atoms with van der Waals surface area (Å²) in [6.07, 6.45) is 3.67. The lowest BCUT2D eigenvalue weighted by molar-refractivity contribution is 0.0586. The summed E-state index contributed by atoms with van der Waals surface area (Å²) in [5.74, 6) is 0. The molecule has 2 unspecified atom stereocenters. The molecule has 0 saturated carbocycles. The van der Waals surface area contributed by atoms with Crippen LogP contribution in [0.15, 0.2) is 0 Å². The van der Waals surface area contributed by atoms with Crippen LogP contribution in [0.2, 0.25) is 0 Å². The molecule has 2 nitrogen and oxygen atoms in total. The molecule has 1 aliphatic heterocycles. The van der Waals surface area contributed by atoms with Crippen LogP contribution in [0.1, 0.15) is 47.0 Å². The van der Waals surface area contributed by atoms with Crippen molar-refractivity contribution < 1.29 is 4.74 Å². The quantitative estimate of drug-likeness (QED) is 0.754. The van der Waals surface area contributed by atoms with Crippen molar-refractivity contribution in [3.05, 3.63) is 0 Å². The van der Waals surface area contributed by atoms with E-state index in [1.807, 2.05) is 0 Å². The van der Waals surface area contributed by atoms with Crippen molar-refractivity contribution in [1.29, 1.82) is 0 Å². The maximum absolute atomic E-state index is 5.48. The van der Waals surface area contributed by atoms with Gasteiger partial charge in [0.25, 0.3) is 0 Å². The standard InChI is InChI=1S/C12H25NO/c1-5-11(12(2,3)4)13-10-7-6-8-14-9-10/h10-11,13H,5-9H2,1-4H3. The Morgan fingerprint density at radius 1 is 1.43 bits per heavy atom. The molecule has 1 aliphatic rings. The SMILES string of the molecule is CCC(NC1CCCOC1)C(C)(C)C. The molecular weight excluding hydrogens is 174 g/mol. The molecule has 0 radical (unpaired) electrons. The second-order valence-corrected chi connectivity index (χ2v) is 5.41. The zero-order valence-corrected chi connectivity index (χ0v) is 10.1. The first-order chi connectivity index (χ1) is 6.54. The topological polar surface area (TPSA) is 21.3 Å². The van der Waals surface area contributed by atoms with Gasteiger partial charge in [0.05, 0.1) is 6.61 Å². The van der Waals surface area contributed by atoms with Gasteiger partial charge in [0.2, 0.25) is 0 Å². The summed E-state index contributed by atoms with van der Waals surface area (Å²) in [5, 5.41) is 3.72. The molecule has 0 spiro atoms. The van der Waals surface area contributed by atoms with Gasteiger partial charge in [-0.2, -0.15) is 0 Å². The average molecular weight is 199 g/mol. The summed E-state index contributed by atoms with van der Waals surface area (Å²) in [6.45, 7) is 11.0. The van der Waals surface area contributed by atoms with Crippen molar-refractivity contribution in [2.75, 3.05) is 13.2 Å². The van der Waals surface area contributed by atoms with Crippen LogP contribution in [0, 0.1) is 5.41 Å². The molecular formula is C12H25NO. The number of hydrogen-bond acceptors (Lipinski definition) is 2. The third-order valence-corrected chi connectivity index (χ3v) is 3.05. The van der Waals surface area contributed by atoms with Gasteiger partial charge in [-0.05, 0) is 24.7 Å². The molecule has 1 fully saturated rings. The van der Waals surface area contributed by atoms with E-state index in [1.54, 1.807) is 0 Å². The summed E-state index contributed by atoms with van der Waals surface area (Å²) in [7, 11) is 0. The Morgan fingerprint density at radius 2 is 2.14 bits per heavy atom. The summed E-state index contributed by atoms with van der Waals surface area (Å²) >= 11 is 0. The largest absolute Gasteiger partial charge is 0.380 e. The van der Waals surface area contributed by atoms with Crippen LogP contribution in [0.25, 0.3) is 0 Å². The van der Waals surface area contributed by atoms with E-state index >= 15 is 0 Å². The van der Waals surface area contributed by atoms with Crippen LogP contribution in [0.4, 0.5) is 0 Å². The van der Waals surface area contributed by atoms with E-state index < -0.39 is 0 Å². The summed E-state index contributed by atoms with van der Waals surface area (Å²) in [6, 6.07) is 1.18. The molecule has 84 valence electrons. The van der Waals surface area contributed by atoms with E-state index in [0.29, 0.717) is 17.5 Å². The Balaban J connectivity index is 2.39. The van der Waals surface area contributed by atoms with E-state index in [9.17, 15) is 0 Å². The average Bonchev–Trinajstić information content (AvgIpc) is 2.14. The summed E-state index contributed by atoms with van der Waals surface area (Å²) in [4.78, 5) is 0. The lowest BCUT2D eigenvalue weighted by atomic mass is 9.84. The van der Waals surface area contributed by atoms with Crippen LogP contribution < -0.4 is 5.32 Å². The first-order valence-corrected chi connectivity index (χ1v) is 5.88. The fraction of sp³-hybridized carbons (Fsp3) is 1.00. The van der Waals surface area contributed by atoms with Gasteiger partial charge in [-0.25, -0.2) is 0 Å². The van der Waals surface area contributed by atoms with E-state index in [1.165, 1.54) is 19.3 Å². The molecule has 0 bridgehead atoms. The van der Waals surface area contributed by atoms with Gasteiger partial charge in [-0.15, -0.1) is 0 Å². The number of rotatable bonds is 3. The van der Waals surface area contributed by atoms with E-state index in [4.69, 9.17) is 4.74 Å². The maximum Gasteiger partial charge on any atom is 0.0619 e. The Morgan fingerprint density at radius 3 is 2.57 bits per heavy atom. The normalized spacial score (nSPS) is 26.1. The highest BCUT2D eigenvalue weighted by molar-refractivity contribution is 4.83. The summed E-state index contributed by atoms with van der Waals surface area (Å²) in [5.41, 5.74) is 0.353. The van der Waals surface area contributed by atoms with Gasteiger partial charge >= 0.3 is 0 Å². The minimum Gasteiger partial charge on any atom is -0.380 e. The minimum atomic E-state index is 0.353. The van der Waals surface area contributed by atoms with Crippen molar-refractivity contribution in [3.63, 3.8) is 0 Å². The predicted octanol–water partition coefficient (Wildman–Crippen LogP) is 2.58. The predicted molar refractivity (Wildman–Crippen MR) is 60.5 cm³/mol. The molecule has 1 rings (SSSR count). The van der Waals surface area contributed by atoms with Gasteiger partial charge in [0.15, 0.2) is 0 Å².